The van der Waals surface area contributed by atoms with E-state index in [4.69, 9.17) is 20.4 Å². The van der Waals surface area contributed by atoms with Crippen LogP contribution in [0.25, 0.3) is 0 Å². The summed E-state index contributed by atoms with van der Waals surface area (Å²) in [7, 11) is 0. The minimum absolute atomic E-state index is 1.13. The Morgan fingerprint density at radius 3 is 1.83 bits per heavy atom. The first-order chi connectivity index (χ1) is 5.37. The van der Waals surface area contributed by atoms with Crippen LogP contribution in [-0.2, 0) is 4.79 Å². The zero-order valence-electron chi connectivity index (χ0n) is 6.38. The predicted octanol–water partition coefficient (Wildman–Crippen LogP) is -2.05. The molecule has 0 fully saturated rings. The molecule has 0 bridgehead atoms. The van der Waals surface area contributed by atoms with Gasteiger partial charge in [0.2, 0.25) is 0 Å². The van der Waals surface area contributed by atoms with Gasteiger partial charge in [-0.25, -0.2) is 0 Å². The summed E-state index contributed by atoms with van der Waals surface area (Å²) in [5.41, 5.74) is 0. The molecule has 0 rings (SSSR count). The molecule has 0 aromatic carbocycles. The van der Waals surface area contributed by atoms with E-state index in [0.717, 1.165) is 6.92 Å². The van der Waals surface area contributed by atoms with E-state index in [2.05, 4.69) is 0 Å². The first-order valence-corrected chi connectivity index (χ1v) is 3.29. The number of aliphatic hydroxyl groups is 4. The Hall–Kier alpha value is -0.560. The summed E-state index contributed by atoms with van der Waals surface area (Å²) in [6, 6.07) is -2.15. The lowest BCUT2D eigenvalue weighted by Gasteiger charge is -2.21. The average molecular weight is 182 g/mol. The van der Waals surface area contributed by atoms with Crippen LogP contribution in [0.2, 0.25) is 0 Å². The molecule has 0 aromatic rings. The molecule has 72 valence electrons. The lowest BCUT2D eigenvalue weighted by Crippen LogP contribution is -2.45. The van der Waals surface area contributed by atoms with Crippen molar-refractivity contribution in [3.63, 3.8) is 0 Å². The predicted molar refractivity (Wildman–Crippen MR) is 35.8 cm³/mol. The first-order valence-electron chi connectivity index (χ1n) is 3.29. The van der Waals surface area contributed by atoms with Crippen molar-refractivity contribution in [2.45, 2.75) is 31.3 Å². The average Bonchev–Trinajstić information content (AvgIpc) is 2.00. The zero-order valence-corrected chi connectivity index (χ0v) is 6.38. The van der Waals surface area contributed by atoms with E-state index < -0.39 is 30.5 Å². The van der Waals surface area contributed by atoms with Crippen LogP contribution in [0.15, 0.2) is 0 Å². The quantitative estimate of drug-likeness (QED) is 0.375. The van der Waals surface area contributed by atoms with E-state index in [9.17, 15) is 9.18 Å². The van der Waals surface area contributed by atoms with E-state index >= 15 is 0 Å². The maximum Gasteiger partial charge on any atom is 0.332 e. The van der Waals surface area contributed by atoms with Crippen LogP contribution in [-0.4, -0.2) is 50.9 Å². The highest BCUT2D eigenvalue weighted by Crippen LogP contribution is 2.05. The van der Waals surface area contributed by atoms with Crippen molar-refractivity contribution < 1.29 is 29.6 Å². The lowest BCUT2D eigenvalue weighted by atomic mass is 10.0. The molecule has 4 N–H and O–H groups in total. The third-order valence-corrected chi connectivity index (χ3v) is 1.40. The van der Waals surface area contributed by atoms with Crippen molar-refractivity contribution in [1.82, 2.24) is 0 Å². The van der Waals surface area contributed by atoms with Crippen molar-refractivity contribution in [1.29, 1.82) is 0 Å². The van der Waals surface area contributed by atoms with Crippen LogP contribution in [0.5, 0.6) is 0 Å². The van der Waals surface area contributed by atoms with Crippen molar-refractivity contribution in [2.75, 3.05) is 0 Å². The Kier molecular flexibility index (Phi) is 4.25. The zero-order chi connectivity index (χ0) is 9.89. The lowest BCUT2D eigenvalue weighted by molar-refractivity contribution is -0.154. The standard InChI is InChI=1S/C6H11FO5/c1-2(8)3(9)4(10)5(11)6(7)12/h2-5,8-11H,1H3/t2-,3+,4+,5-/m0/s1. The molecule has 0 aliphatic heterocycles. The number of hydrogen-bond donors (Lipinski definition) is 4. The van der Waals surface area contributed by atoms with Crippen LogP contribution in [0, 0.1) is 0 Å². The molecule has 12 heavy (non-hydrogen) atoms. The summed E-state index contributed by atoms with van der Waals surface area (Å²) >= 11 is 0. The molecule has 0 aromatic heterocycles. The van der Waals surface area contributed by atoms with Crippen LogP contribution >= 0.6 is 0 Å². The van der Waals surface area contributed by atoms with E-state index in [1.165, 1.54) is 0 Å². The minimum atomic E-state index is -2.31. The van der Waals surface area contributed by atoms with Gasteiger partial charge < -0.3 is 20.4 Å². The summed E-state index contributed by atoms with van der Waals surface area (Å²) in [6.45, 7) is 1.13. The highest BCUT2D eigenvalue weighted by Gasteiger charge is 2.32. The van der Waals surface area contributed by atoms with Crippen molar-refractivity contribution in [3.8, 4) is 0 Å². The molecular weight excluding hydrogens is 171 g/mol. The molecule has 0 radical (unpaired) electrons. The molecule has 4 atom stereocenters. The third-order valence-electron chi connectivity index (χ3n) is 1.40. The van der Waals surface area contributed by atoms with Crippen molar-refractivity contribution in [2.24, 2.45) is 0 Å². The largest absolute Gasteiger partial charge is 0.391 e. The maximum absolute atomic E-state index is 11.7. The van der Waals surface area contributed by atoms with Gasteiger partial charge in [0.1, 0.15) is 12.2 Å². The number of rotatable bonds is 4. The van der Waals surface area contributed by atoms with Crippen molar-refractivity contribution >= 4 is 6.04 Å². The minimum Gasteiger partial charge on any atom is -0.391 e. The Morgan fingerprint density at radius 1 is 1.17 bits per heavy atom. The molecule has 0 amide bonds. The monoisotopic (exact) mass is 182 g/mol. The number of carbonyl (C=O) groups is 1. The Labute approximate surface area is 68.1 Å². The number of halogens is 1. The summed E-state index contributed by atoms with van der Waals surface area (Å²) in [5, 5.41) is 34.9. The fourth-order valence-electron chi connectivity index (χ4n) is 0.606. The highest BCUT2D eigenvalue weighted by atomic mass is 19.1. The first kappa shape index (κ1) is 11.4. The third kappa shape index (κ3) is 2.82. The van der Waals surface area contributed by atoms with Gasteiger partial charge in [0.15, 0.2) is 6.10 Å². The van der Waals surface area contributed by atoms with E-state index in [1.54, 1.807) is 0 Å². The molecule has 0 saturated carbocycles. The molecule has 0 saturated heterocycles. The fourth-order valence-corrected chi connectivity index (χ4v) is 0.606. The van der Waals surface area contributed by atoms with Gasteiger partial charge in [0, 0.05) is 0 Å². The van der Waals surface area contributed by atoms with E-state index in [-0.39, 0.29) is 0 Å². The molecule has 5 nitrogen and oxygen atoms in total. The molecule has 0 aliphatic rings. The van der Waals surface area contributed by atoms with Gasteiger partial charge in [-0.1, -0.05) is 0 Å². The van der Waals surface area contributed by atoms with Gasteiger partial charge in [0.05, 0.1) is 6.10 Å². The number of hydrogen-bond acceptors (Lipinski definition) is 5. The second kappa shape index (κ2) is 4.46. The molecule has 0 unspecified atom stereocenters. The Bertz CT molecular complexity index is 160. The Balaban J connectivity index is 4.18. The summed E-state index contributed by atoms with van der Waals surface area (Å²) in [4.78, 5) is 9.84. The summed E-state index contributed by atoms with van der Waals surface area (Å²) in [5.74, 6) is 0. The van der Waals surface area contributed by atoms with Gasteiger partial charge in [0.25, 0.3) is 0 Å². The smallest absolute Gasteiger partial charge is 0.332 e. The van der Waals surface area contributed by atoms with E-state index in [0.29, 0.717) is 0 Å². The normalized spacial score (nSPS) is 21.2. The summed E-state index contributed by atoms with van der Waals surface area (Å²) < 4.78 is 11.7. The number of aliphatic hydroxyl groups excluding tert-OH is 4. The number of carbonyl (C=O) groups excluding carboxylic acids is 1. The second-order valence-corrected chi connectivity index (χ2v) is 2.47. The molecule has 0 aliphatic carbocycles. The summed E-state index contributed by atoms with van der Waals surface area (Å²) in [6.07, 6.45) is -7.43. The highest BCUT2D eigenvalue weighted by molar-refractivity contribution is 5.73. The molecular formula is C6H11FO5. The van der Waals surface area contributed by atoms with Crippen molar-refractivity contribution in [3.05, 3.63) is 0 Å². The van der Waals surface area contributed by atoms with Crippen LogP contribution < -0.4 is 0 Å². The van der Waals surface area contributed by atoms with E-state index in [1.807, 2.05) is 0 Å². The van der Waals surface area contributed by atoms with Crippen LogP contribution in [0.4, 0.5) is 4.39 Å². The Morgan fingerprint density at radius 2 is 1.58 bits per heavy atom. The van der Waals surface area contributed by atoms with Crippen LogP contribution in [0.1, 0.15) is 6.92 Å². The van der Waals surface area contributed by atoms with Gasteiger partial charge in [-0.15, -0.1) is 0 Å². The van der Waals surface area contributed by atoms with Crippen LogP contribution in [0.3, 0.4) is 0 Å². The maximum atomic E-state index is 11.7. The fraction of sp³-hybridized carbons (Fsp3) is 0.833. The second-order valence-electron chi connectivity index (χ2n) is 2.47. The molecule has 0 spiro atoms. The topological polar surface area (TPSA) is 98.0 Å². The van der Waals surface area contributed by atoms with Gasteiger partial charge in [-0.05, 0) is 6.92 Å². The SMILES string of the molecule is C[C@H](O)[C@@H](O)[C@@H](O)[C@H](O)C(=O)F. The molecule has 0 heterocycles. The molecule has 6 heteroatoms. The van der Waals surface area contributed by atoms with Gasteiger partial charge in [-0.2, -0.15) is 4.39 Å². The van der Waals surface area contributed by atoms with Gasteiger partial charge >= 0.3 is 6.04 Å². The van der Waals surface area contributed by atoms with Gasteiger partial charge in [-0.3, -0.25) is 4.79 Å².